The van der Waals surface area contributed by atoms with Crippen molar-refractivity contribution in [2.75, 3.05) is 0 Å². The number of ether oxygens (including phenoxy) is 1. The molecule has 0 saturated heterocycles. The van der Waals surface area contributed by atoms with Gasteiger partial charge in [-0.15, -0.1) is 23.6 Å². The summed E-state index contributed by atoms with van der Waals surface area (Å²) < 4.78 is 16.1. The zero-order chi connectivity index (χ0) is 58.4. The zero-order valence-electron chi connectivity index (χ0n) is 50.1. The molecule has 0 N–H and O–H groups in total. The van der Waals surface area contributed by atoms with Crippen LogP contribution in [-0.4, -0.2) is 28.2 Å². The summed E-state index contributed by atoms with van der Waals surface area (Å²) in [5.41, 5.74) is 12.7. The van der Waals surface area contributed by atoms with Crippen LogP contribution in [0.1, 0.15) is 79.0 Å². The number of fused-ring (bicyclic) bond motifs is 7. The molecule has 10 aromatic carbocycles. The van der Waals surface area contributed by atoms with Crippen LogP contribution < -0.4 is 34.6 Å². The molecular weight excluding hydrogens is 1250 g/mol. The van der Waals surface area contributed by atoms with Gasteiger partial charge in [0.15, 0.2) is 8.07 Å². The Morgan fingerprint density at radius 2 is 0.988 bits per heavy atom. The second-order valence-corrected chi connectivity index (χ2v) is 29.5. The van der Waals surface area contributed by atoms with Crippen molar-refractivity contribution in [2.45, 2.75) is 78.6 Å². The first-order valence-corrected chi connectivity index (χ1v) is 31.5. The van der Waals surface area contributed by atoms with Gasteiger partial charge in [0, 0.05) is 63.1 Å². The van der Waals surface area contributed by atoms with E-state index in [1.165, 1.54) is 59.2 Å². The number of hydrogen-bond acceptors (Lipinski definition) is 2. The maximum absolute atomic E-state index is 6.98. The maximum atomic E-state index is 6.98. The summed E-state index contributed by atoms with van der Waals surface area (Å²) in [4.78, 5) is 5.05. The van der Waals surface area contributed by atoms with Crippen molar-refractivity contribution >= 4 is 101 Å². The molecule has 0 amide bonds. The van der Waals surface area contributed by atoms with Crippen LogP contribution in [0.2, 0.25) is 0 Å². The van der Waals surface area contributed by atoms with Crippen LogP contribution in [0.3, 0.4) is 0 Å². The van der Waals surface area contributed by atoms with Gasteiger partial charge in [-0.1, -0.05) is 230 Å². The topological polar surface area (TPSA) is 38.0 Å². The predicted octanol–water partition coefficient (Wildman–Crippen LogP) is 16.8. The van der Waals surface area contributed by atoms with E-state index in [9.17, 15) is 0 Å². The van der Waals surface area contributed by atoms with Crippen molar-refractivity contribution in [1.82, 2.24) is 23.3 Å². The molecule has 0 spiro atoms. The van der Waals surface area contributed by atoms with Gasteiger partial charge in [-0.05, 0) is 101 Å². The third kappa shape index (κ3) is 9.60. The molecule has 0 atom stereocenters. The van der Waals surface area contributed by atoms with E-state index in [2.05, 4.69) is 323 Å². The molecule has 6 nitrogen and oxygen atoms in total. The fourth-order valence-corrected chi connectivity index (χ4v) is 17.7. The van der Waals surface area contributed by atoms with Crippen LogP contribution in [-0.2, 0) is 37.3 Å². The van der Waals surface area contributed by atoms with Gasteiger partial charge >= 0.3 is 27.1 Å². The zero-order valence-corrected chi connectivity index (χ0v) is 53.3. The fraction of sp³-hybridized carbons (Fsp3) is 0.154. The van der Waals surface area contributed by atoms with Crippen LogP contribution in [0.25, 0.3) is 55.1 Å². The number of nitrogens with zero attached hydrogens (tertiary/aromatic N) is 5. The van der Waals surface area contributed by atoms with Crippen molar-refractivity contribution in [2.24, 2.45) is 0 Å². The van der Waals surface area contributed by atoms with Crippen molar-refractivity contribution in [3.8, 4) is 23.0 Å². The second-order valence-electron chi connectivity index (χ2n) is 25.7. The Hall–Kier alpha value is -8.96. The normalized spacial score (nSPS) is 12.8. The van der Waals surface area contributed by atoms with E-state index >= 15 is 0 Å². The average Bonchev–Trinajstić information content (AvgIpc) is 1.32. The summed E-state index contributed by atoms with van der Waals surface area (Å²) in [5.74, 6) is 1.95. The van der Waals surface area contributed by atoms with Gasteiger partial charge in [0.1, 0.15) is 11.5 Å². The Kier molecular flexibility index (Phi) is 14.1. The van der Waals surface area contributed by atoms with Gasteiger partial charge < -0.3 is 13.9 Å². The molecule has 1 aliphatic heterocycles. The monoisotopic (exact) mass is 1310 g/mol. The molecule has 0 fully saturated rings. The van der Waals surface area contributed by atoms with Gasteiger partial charge in [-0.3, -0.25) is 0 Å². The quantitative estimate of drug-likeness (QED) is 0.0592. The van der Waals surface area contributed by atoms with Gasteiger partial charge in [-0.2, -0.15) is 12.1 Å². The molecule has 14 rings (SSSR count). The molecule has 0 bridgehead atoms. The molecule has 0 aliphatic carbocycles. The summed E-state index contributed by atoms with van der Waals surface area (Å²) in [6.07, 6.45) is 1.92. The summed E-state index contributed by atoms with van der Waals surface area (Å²) in [6.45, 7) is 20.6. The minimum Gasteiger partial charge on any atom is -0.509 e. The molecule has 0 radical (unpaired) electrons. The Morgan fingerprint density at radius 3 is 1.58 bits per heavy atom. The summed E-state index contributed by atoms with van der Waals surface area (Å²) in [5, 5.41) is 9.76. The predicted molar refractivity (Wildman–Crippen MR) is 358 cm³/mol. The molecule has 4 heterocycles. The Bertz CT molecular complexity index is 4660. The molecule has 0 saturated carbocycles. The smallest absolute Gasteiger partial charge is 0.509 e. The van der Waals surface area contributed by atoms with E-state index in [0.717, 1.165) is 56.1 Å². The van der Waals surface area contributed by atoms with Crippen molar-refractivity contribution in [3.63, 3.8) is 0 Å². The molecule has 1 aliphatic rings. The van der Waals surface area contributed by atoms with E-state index < -0.39 is 8.07 Å². The van der Waals surface area contributed by atoms with E-state index in [1.54, 1.807) is 0 Å². The molecule has 3 aromatic heterocycles. The third-order valence-corrected chi connectivity index (χ3v) is 21.9. The van der Waals surface area contributed by atoms with Crippen LogP contribution >= 0.6 is 0 Å². The number of aromatic nitrogens is 3. The molecule has 86 heavy (non-hydrogen) atoms. The SMILES string of the molecule is CC(C)(C)c1cc([N+]2=C=[N+](c3[c-]c(Oc4[c-]c5c(cc4)c4cc(-n6c7ccccc7c7ccccc76)ccc4n5-c4cc(C(C)(C)C)ccn4)ccc3)c3cccc([Si](c4ccccc4)(c4ccccc4)c4ccccc4)c32)cc(C(C)(C)C)c1.[Pt+2]. The molecule has 422 valence electrons. The van der Waals surface area contributed by atoms with Gasteiger partial charge in [0.05, 0.1) is 11.0 Å². The first kappa shape index (κ1) is 56.2. The Balaban J connectivity index is 0.00000686. The number of benzene rings is 10. The Labute approximate surface area is 520 Å². The van der Waals surface area contributed by atoms with Crippen molar-refractivity contribution in [1.29, 1.82) is 0 Å². The first-order chi connectivity index (χ1) is 41.0. The van der Waals surface area contributed by atoms with Gasteiger partial charge in [0.25, 0.3) is 11.4 Å². The van der Waals surface area contributed by atoms with E-state index in [-0.39, 0.29) is 37.3 Å². The number of pyridine rings is 1. The van der Waals surface area contributed by atoms with Gasteiger partial charge in [-0.25, -0.2) is 4.98 Å². The number of hydrogen-bond donors (Lipinski definition) is 0. The van der Waals surface area contributed by atoms with Gasteiger partial charge in [0.2, 0.25) is 5.69 Å². The van der Waals surface area contributed by atoms with Crippen molar-refractivity contribution in [3.05, 3.63) is 272 Å². The van der Waals surface area contributed by atoms with Crippen LogP contribution in [0.4, 0.5) is 22.7 Å². The largest absolute Gasteiger partial charge is 2.00 e. The molecular formula is C78H67N5OPtSi+2. The molecule has 8 heteroatoms. The minimum absolute atomic E-state index is 0. The summed E-state index contributed by atoms with van der Waals surface area (Å²) in [6, 6.07) is 97.9. The maximum Gasteiger partial charge on any atom is 2.00 e. The average molecular weight is 1310 g/mol. The van der Waals surface area contributed by atoms with E-state index in [0.29, 0.717) is 11.5 Å². The minimum atomic E-state index is -3.10. The van der Waals surface area contributed by atoms with E-state index in [4.69, 9.17) is 9.72 Å². The van der Waals surface area contributed by atoms with Crippen molar-refractivity contribution < 1.29 is 25.8 Å². The standard InChI is InChI=1S/C78H67N5OSi.Pt/c1-76(2,3)53-43-44-79-74(48-53)83-70-42-39-57(82-68-35-21-19-33-64(68)65-34-20-22-36-69(65)82)50-67(70)66-41-40-60(51-72(66)83)84-59-26-23-25-56(49-59)80-52-81(58-46-54(77(4,5)6)45-55(47-58)78(7,8)9)75-71(80)37-24-38-73(75)85(61-27-13-10-14-28-61,62-29-15-11-16-30-62)63-31-17-12-18-32-63;/h10-48,50H,1-9H3;/q;+2. The first-order valence-electron chi connectivity index (χ1n) is 29.5. The number of para-hydroxylation sites is 3. The number of rotatable bonds is 10. The van der Waals surface area contributed by atoms with Crippen LogP contribution in [0.15, 0.2) is 243 Å². The van der Waals surface area contributed by atoms with E-state index in [1.807, 2.05) is 18.3 Å². The third-order valence-electron chi connectivity index (χ3n) is 17.1. The summed E-state index contributed by atoms with van der Waals surface area (Å²) >= 11 is 0. The van der Waals surface area contributed by atoms with Crippen LogP contribution in [0, 0.1) is 12.1 Å². The second kappa shape index (κ2) is 21.5. The molecule has 0 unspecified atom stereocenters. The Morgan fingerprint density at radius 1 is 0.442 bits per heavy atom. The summed E-state index contributed by atoms with van der Waals surface area (Å²) in [7, 11) is -3.10. The van der Waals surface area contributed by atoms with Crippen LogP contribution in [0.5, 0.6) is 11.5 Å². The molecule has 13 aromatic rings. The fourth-order valence-electron chi connectivity index (χ4n) is 12.8.